The van der Waals surface area contributed by atoms with Crippen LogP contribution in [0.15, 0.2) is 0 Å². The molecular weight excluding hydrogens is 226 g/mol. The van der Waals surface area contributed by atoms with Gasteiger partial charge in [0.15, 0.2) is 6.10 Å². The number of carboxylic acid groups (broad SMARTS) is 1. The van der Waals surface area contributed by atoms with Gasteiger partial charge in [0.05, 0.1) is 12.6 Å². The second-order valence-electron chi connectivity index (χ2n) is 5.08. The van der Waals surface area contributed by atoms with Gasteiger partial charge in [0, 0.05) is 0 Å². The van der Waals surface area contributed by atoms with Crippen molar-refractivity contribution >= 4 is 12.1 Å². The molecule has 2 atom stereocenters. The van der Waals surface area contributed by atoms with Gasteiger partial charge in [-0.1, -0.05) is 0 Å². The molecular formula is C11H19NO5. The van der Waals surface area contributed by atoms with Gasteiger partial charge in [-0.25, -0.2) is 9.59 Å². The number of alkyl carbamates (subject to hydrolysis) is 1. The maximum Gasteiger partial charge on any atom is 0.407 e. The van der Waals surface area contributed by atoms with E-state index in [1.807, 2.05) is 0 Å². The predicted molar refractivity (Wildman–Crippen MR) is 59.8 cm³/mol. The Kier molecular flexibility index (Phi) is 4.34. The highest BCUT2D eigenvalue weighted by Crippen LogP contribution is 2.14. The van der Waals surface area contributed by atoms with E-state index in [0.29, 0.717) is 12.8 Å². The first-order valence-electron chi connectivity index (χ1n) is 5.62. The van der Waals surface area contributed by atoms with Crippen molar-refractivity contribution < 1.29 is 24.2 Å². The molecule has 0 aromatic rings. The Morgan fingerprint density at radius 2 is 2.00 bits per heavy atom. The minimum absolute atomic E-state index is 0.180. The van der Waals surface area contributed by atoms with Crippen molar-refractivity contribution in [1.29, 1.82) is 0 Å². The average molecular weight is 245 g/mol. The van der Waals surface area contributed by atoms with Crippen molar-refractivity contribution in [3.05, 3.63) is 0 Å². The number of carbonyl (C=O) groups is 2. The lowest BCUT2D eigenvalue weighted by Gasteiger charge is -2.28. The minimum Gasteiger partial charge on any atom is -0.479 e. The largest absolute Gasteiger partial charge is 0.479 e. The topological polar surface area (TPSA) is 84.9 Å². The number of carbonyl (C=O) groups excluding carboxylic acids is 1. The van der Waals surface area contributed by atoms with Crippen LogP contribution < -0.4 is 5.32 Å². The second kappa shape index (κ2) is 5.35. The Morgan fingerprint density at radius 3 is 2.41 bits per heavy atom. The predicted octanol–water partition coefficient (Wildman–Crippen LogP) is 1.14. The summed E-state index contributed by atoms with van der Waals surface area (Å²) in [5.74, 6) is -0.958. The fourth-order valence-corrected chi connectivity index (χ4v) is 1.53. The first-order valence-corrected chi connectivity index (χ1v) is 5.62. The first-order chi connectivity index (χ1) is 7.78. The zero-order valence-corrected chi connectivity index (χ0v) is 10.4. The number of hydrogen-bond acceptors (Lipinski definition) is 4. The number of ether oxygens (including phenoxy) is 2. The smallest absolute Gasteiger partial charge is 0.407 e. The molecule has 6 nitrogen and oxygen atoms in total. The lowest BCUT2D eigenvalue weighted by atomic mass is 10.1. The third-order valence-corrected chi connectivity index (χ3v) is 2.27. The molecule has 98 valence electrons. The molecule has 0 spiro atoms. The quantitative estimate of drug-likeness (QED) is 0.762. The lowest BCUT2D eigenvalue weighted by molar-refractivity contribution is -0.153. The molecule has 1 aliphatic heterocycles. The second-order valence-corrected chi connectivity index (χ2v) is 5.08. The van der Waals surface area contributed by atoms with Crippen LogP contribution in [0.5, 0.6) is 0 Å². The summed E-state index contributed by atoms with van der Waals surface area (Å²) >= 11 is 0. The van der Waals surface area contributed by atoms with Crippen LogP contribution in [0.3, 0.4) is 0 Å². The van der Waals surface area contributed by atoms with E-state index in [9.17, 15) is 9.59 Å². The van der Waals surface area contributed by atoms with Crippen molar-refractivity contribution in [2.75, 3.05) is 6.61 Å². The molecule has 0 aliphatic carbocycles. The van der Waals surface area contributed by atoms with Crippen LogP contribution in [0, 0.1) is 0 Å². The highest BCUT2D eigenvalue weighted by Gasteiger charge is 2.28. The van der Waals surface area contributed by atoms with Crippen LogP contribution in [0.1, 0.15) is 33.6 Å². The van der Waals surface area contributed by atoms with Gasteiger partial charge in [-0.05, 0) is 33.6 Å². The molecule has 2 N–H and O–H groups in total. The normalized spacial score (nSPS) is 25.1. The van der Waals surface area contributed by atoms with Crippen LogP contribution in [-0.4, -0.2) is 41.5 Å². The molecule has 0 radical (unpaired) electrons. The summed E-state index contributed by atoms with van der Waals surface area (Å²) in [4.78, 5) is 22.1. The van der Waals surface area contributed by atoms with Gasteiger partial charge in [-0.2, -0.15) is 0 Å². The fourth-order valence-electron chi connectivity index (χ4n) is 1.53. The van der Waals surface area contributed by atoms with E-state index in [1.165, 1.54) is 0 Å². The average Bonchev–Trinajstić information content (AvgIpc) is 2.15. The molecule has 0 saturated carbocycles. The zero-order chi connectivity index (χ0) is 13.1. The molecule has 1 saturated heterocycles. The van der Waals surface area contributed by atoms with Gasteiger partial charge in [0.1, 0.15) is 5.60 Å². The number of rotatable bonds is 2. The molecule has 6 heteroatoms. The van der Waals surface area contributed by atoms with E-state index in [1.54, 1.807) is 20.8 Å². The van der Waals surface area contributed by atoms with Crippen molar-refractivity contribution in [3.8, 4) is 0 Å². The van der Waals surface area contributed by atoms with Crippen LogP contribution in [0.2, 0.25) is 0 Å². The Bertz CT molecular complexity index is 289. The molecule has 1 fully saturated rings. The van der Waals surface area contributed by atoms with Gasteiger partial charge < -0.3 is 19.9 Å². The van der Waals surface area contributed by atoms with Crippen LogP contribution in [0.25, 0.3) is 0 Å². The third kappa shape index (κ3) is 5.04. The summed E-state index contributed by atoms with van der Waals surface area (Å²) in [6.07, 6.45) is -0.280. The number of amides is 1. The van der Waals surface area contributed by atoms with Crippen LogP contribution in [-0.2, 0) is 14.3 Å². The van der Waals surface area contributed by atoms with Gasteiger partial charge >= 0.3 is 12.1 Å². The minimum atomic E-state index is -0.958. The van der Waals surface area contributed by atoms with E-state index < -0.39 is 23.8 Å². The van der Waals surface area contributed by atoms with E-state index in [4.69, 9.17) is 14.6 Å². The maximum atomic E-state index is 11.4. The summed E-state index contributed by atoms with van der Waals surface area (Å²) in [5, 5.41) is 11.4. The third-order valence-electron chi connectivity index (χ3n) is 2.27. The summed E-state index contributed by atoms with van der Waals surface area (Å²) in [6.45, 7) is 5.55. The van der Waals surface area contributed by atoms with E-state index in [-0.39, 0.29) is 12.6 Å². The van der Waals surface area contributed by atoms with E-state index >= 15 is 0 Å². The highest BCUT2D eigenvalue weighted by molar-refractivity contribution is 5.72. The fraction of sp³-hybridized carbons (Fsp3) is 0.818. The molecule has 0 bridgehead atoms. The van der Waals surface area contributed by atoms with Crippen molar-refractivity contribution in [1.82, 2.24) is 5.32 Å². The SMILES string of the molecule is CC(C)(C)OC(=O)N[C@@H]1CC[C@@H](C(=O)O)OC1. The maximum absolute atomic E-state index is 11.4. The first kappa shape index (κ1) is 13.8. The molecule has 0 aromatic carbocycles. The molecule has 1 rings (SSSR count). The number of carboxylic acids is 1. The molecule has 1 aliphatic rings. The van der Waals surface area contributed by atoms with Gasteiger partial charge in [0.25, 0.3) is 0 Å². The number of aliphatic carboxylic acids is 1. The van der Waals surface area contributed by atoms with Crippen molar-refractivity contribution in [2.45, 2.75) is 51.4 Å². The standard InChI is InChI=1S/C11H19NO5/c1-11(2,3)17-10(15)12-7-4-5-8(9(13)14)16-6-7/h7-8H,4-6H2,1-3H3,(H,12,15)(H,13,14)/t7-,8+/m1/s1. The number of nitrogens with one attached hydrogen (secondary N) is 1. The number of hydrogen-bond donors (Lipinski definition) is 2. The monoisotopic (exact) mass is 245 g/mol. The van der Waals surface area contributed by atoms with Crippen LogP contribution >= 0.6 is 0 Å². The zero-order valence-electron chi connectivity index (χ0n) is 10.4. The summed E-state index contributed by atoms with van der Waals surface area (Å²) in [5.41, 5.74) is -0.538. The molecule has 0 unspecified atom stereocenters. The van der Waals surface area contributed by atoms with E-state index in [2.05, 4.69) is 5.32 Å². The van der Waals surface area contributed by atoms with Gasteiger partial charge in [-0.15, -0.1) is 0 Å². The molecule has 1 amide bonds. The Morgan fingerprint density at radius 1 is 1.35 bits per heavy atom. The van der Waals surface area contributed by atoms with E-state index in [0.717, 1.165) is 0 Å². The van der Waals surface area contributed by atoms with Crippen molar-refractivity contribution in [3.63, 3.8) is 0 Å². The molecule has 0 aromatic heterocycles. The van der Waals surface area contributed by atoms with Crippen molar-refractivity contribution in [2.24, 2.45) is 0 Å². The summed E-state index contributed by atoms with van der Waals surface area (Å²) in [7, 11) is 0. The van der Waals surface area contributed by atoms with Gasteiger partial charge in [0.2, 0.25) is 0 Å². The lowest BCUT2D eigenvalue weighted by Crippen LogP contribution is -2.46. The Hall–Kier alpha value is -1.30. The summed E-state index contributed by atoms with van der Waals surface area (Å²) < 4.78 is 10.2. The highest BCUT2D eigenvalue weighted by atomic mass is 16.6. The summed E-state index contributed by atoms with van der Waals surface area (Å²) in [6, 6.07) is -0.180. The molecule has 1 heterocycles. The Balaban J connectivity index is 2.31. The molecule has 17 heavy (non-hydrogen) atoms. The Labute approximate surface area is 100 Å². The van der Waals surface area contributed by atoms with Gasteiger partial charge in [-0.3, -0.25) is 0 Å². The van der Waals surface area contributed by atoms with Crippen LogP contribution in [0.4, 0.5) is 4.79 Å².